The highest BCUT2D eigenvalue weighted by atomic mass is 19.3. The average Bonchev–Trinajstić information content (AvgIpc) is 3.66. The zero-order valence-corrected chi connectivity index (χ0v) is 25.0. The standard InChI is InChI=1S/C35H35F2N5O3/c1-20-18-24(21-14-16-41(17-15-21)34(43)23-8-9-23)11-12-27(20)39-29-13-10-22-4-2-5-25(31(22)29)28-6-3-7-30(40-28)42-32(33(36)37)26(19-38-42)35(44)45/h2-7,11-12,18-19,21,23,29,33,39H,8-10,13-17H2,1H3,(H,44,45). The molecule has 3 aliphatic rings. The molecule has 1 amide bonds. The predicted octanol–water partition coefficient (Wildman–Crippen LogP) is 7.09. The first-order valence-corrected chi connectivity index (χ1v) is 15.6. The normalized spacial score (nSPS) is 18.3. The van der Waals surface area contributed by atoms with Crippen molar-refractivity contribution in [2.24, 2.45) is 5.92 Å². The highest BCUT2D eigenvalue weighted by Gasteiger charge is 2.35. The van der Waals surface area contributed by atoms with Crippen LogP contribution in [0, 0.1) is 12.8 Å². The molecule has 3 heterocycles. The number of aryl methyl sites for hydroxylation is 2. The zero-order chi connectivity index (χ0) is 31.2. The summed E-state index contributed by atoms with van der Waals surface area (Å²) in [5.74, 6) is -0.267. The van der Waals surface area contributed by atoms with Crippen LogP contribution in [-0.4, -0.2) is 49.7 Å². The molecule has 10 heteroatoms. The van der Waals surface area contributed by atoms with Crippen molar-refractivity contribution >= 4 is 17.6 Å². The number of halogens is 2. The summed E-state index contributed by atoms with van der Waals surface area (Å²) < 4.78 is 28.7. The Bertz CT molecular complexity index is 1770. The lowest BCUT2D eigenvalue weighted by molar-refractivity contribution is -0.133. The number of alkyl halides is 2. The first kappa shape index (κ1) is 29.1. The second-order valence-electron chi connectivity index (χ2n) is 12.4. The molecular formula is C35H35F2N5O3. The van der Waals surface area contributed by atoms with E-state index in [4.69, 9.17) is 0 Å². The van der Waals surface area contributed by atoms with Crippen LogP contribution in [0.5, 0.6) is 0 Å². The van der Waals surface area contributed by atoms with Gasteiger partial charge in [-0.25, -0.2) is 23.2 Å². The molecule has 7 rings (SSSR count). The minimum atomic E-state index is -3.03. The number of benzene rings is 2. The van der Waals surface area contributed by atoms with E-state index in [9.17, 15) is 23.5 Å². The highest BCUT2D eigenvalue weighted by Crippen LogP contribution is 2.41. The van der Waals surface area contributed by atoms with Crippen molar-refractivity contribution in [3.63, 3.8) is 0 Å². The van der Waals surface area contributed by atoms with Crippen molar-refractivity contribution in [1.29, 1.82) is 0 Å². The molecule has 0 bridgehead atoms. The van der Waals surface area contributed by atoms with E-state index in [2.05, 4.69) is 51.5 Å². The van der Waals surface area contributed by atoms with Gasteiger partial charge in [-0.3, -0.25) is 4.79 Å². The topological polar surface area (TPSA) is 100 Å². The van der Waals surface area contributed by atoms with Crippen LogP contribution in [-0.2, 0) is 11.2 Å². The number of hydrogen-bond acceptors (Lipinski definition) is 5. The van der Waals surface area contributed by atoms with Crippen molar-refractivity contribution < 1.29 is 23.5 Å². The lowest BCUT2D eigenvalue weighted by Gasteiger charge is -2.32. The van der Waals surface area contributed by atoms with Gasteiger partial charge in [0.05, 0.1) is 17.9 Å². The summed E-state index contributed by atoms with van der Waals surface area (Å²) in [7, 11) is 0. The molecule has 232 valence electrons. The molecule has 4 aromatic rings. The fraction of sp³-hybridized carbons (Fsp3) is 0.371. The van der Waals surface area contributed by atoms with Crippen molar-refractivity contribution in [2.45, 2.75) is 63.8 Å². The summed E-state index contributed by atoms with van der Waals surface area (Å²) in [5.41, 5.74) is 6.14. The molecule has 1 atom stereocenters. The number of rotatable bonds is 8. The summed E-state index contributed by atoms with van der Waals surface area (Å²) >= 11 is 0. The van der Waals surface area contributed by atoms with Crippen LogP contribution in [0.4, 0.5) is 14.5 Å². The Morgan fingerprint density at radius 3 is 2.49 bits per heavy atom. The summed E-state index contributed by atoms with van der Waals surface area (Å²) in [6.07, 6.45) is 3.78. The van der Waals surface area contributed by atoms with Gasteiger partial charge < -0.3 is 15.3 Å². The Morgan fingerprint density at radius 1 is 1.00 bits per heavy atom. The Hall–Kier alpha value is -4.60. The van der Waals surface area contributed by atoms with Crippen LogP contribution in [0.2, 0.25) is 0 Å². The third-order valence-electron chi connectivity index (χ3n) is 9.50. The van der Waals surface area contributed by atoms with Crippen LogP contribution in [0.25, 0.3) is 17.1 Å². The summed E-state index contributed by atoms with van der Waals surface area (Å²) in [5, 5.41) is 17.1. The molecule has 1 unspecified atom stereocenters. The molecule has 1 saturated carbocycles. The van der Waals surface area contributed by atoms with Crippen molar-refractivity contribution in [2.75, 3.05) is 18.4 Å². The minimum Gasteiger partial charge on any atom is -0.478 e. The zero-order valence-electron chi connectivity index (χ0n) is 25.0. The molecule has 0 spiro atoms. The lowest BCUT2D eigenvalue weighted by atomic mass is 9.88. The SMILES string of the molecule is Cc1cc(C2CCN(C(=O)C3CC3)CC2)ccc1NC1CCc2cccc(-c3cccc(-n4ncc(C(=O)O)c4C(F)F)n3)c21. The maximum absolute atomic E-state index is 13.9. The predicted molar refractivity (Wildman–Crippen MR) is 166 cm³/mol. The summed E-state index contributed by atoms with van der Waals surface area (Å²) in [4.78, 5) is 30.7. The maximum Gasteiger partial charge on any atom is 0.339 e. The van der Waals surface area contributed by atoms with E-state index < -0.39 is 23.7 Å². The first-order valence-electron chi connectivity index (χ1n) is 15.6. The maximum atomic E-state index is 13.9. The van der Waals surface area contributed by atoms with Crippen LogP contribution in [0.1, 0.15) is 88.8 Å². The van der Waals surface area contributed by atoms with Gasteiger partial charge in [0.15, 0.2) is 5.82 Å². The molecule has 1 saturated heterocycles. The van der Waals surface area contributed by atoms with Crippen LogP contribution < -0.4 is 5.32 Å². The Labute approximate surface area is 260 Å². The van der Waals surface area contributed by atoms with Gasteiger partial charge in [-0.15, -0.1) is 0 Å². The Morgan fingerprint density at radius 2 is 1.78 bits per heavy atom. The van der Waals surface area contributed by atoms with Crippen LogP contribution >= 0.6 is 0 Å². The van der Waals surface area contributed by atoms with E-state index >= 15 is 0 Å². The molecule has 8 nitrogen and oxygen atoms in total. The molecule has 2 fully saturated rings. The minimum absolute atomic E-state index is 0.0304. The molecule has 0 radical (unpaired) electrons. The third-order valence-corrected chi connectivity index (χ3v) is 9.50. The number of carboxylic acid groups (broad SMARTS) is 1. The van der Waals surface area contributed by atoms with Gasteiger partial charge in [-0.2, -0.15) is 5.10 Å². The van der Waals surface area contributed by atoms with E-state index in [-0.39, 0.29) is 17.8 Å². The number of anilines is 1. The van der Waals surface area contributed by atoms with E-state index in [0.717, 1.165) is 79.3 Å². The van der Waals surface area contributed by atoms with Gasteiger partial charge in [-0.05, 0) is 91.8 Å². The van der Waals surface area contributed by atoms with E-state index in [1.807, 2.05) is 18.2 Å². The van der Waals surface area contributed by atoms with E-state index in [1.54, 1.807) is 12.1 Å². The summed E-state index contributed by atoms with van der Waals surface area (Å²) in [6.45, 7) is 3.79. The molecule has 1 aliphatic heterocycles. The largest absolute Gasteiger partial charge is 0.478 e. The number of carbonyl (C=O) groups is 2. The number of aromatic carboxylic acids is 1. The van der Waals surface area contributed by atoms with Gasteiger partial charge in [0.25, 0.3) is 6.43 Å². The fourth-order valence-electron chi connectivity index (χ4n) is 6.97. The number of piperidine rings is 1. The molecular weight excluding hydrogens is 576 g/mol. The molecule has 2 aromatic heterocycles. The van der Waals surface area contributed by atoms with Gasteiger partial charge in [-0.1, -0.05) is 36.4 Å². The van der Waals surface area contributed by atoms with Gasteiger partial charge in [0.1, 0.15) is 11.3 Å². The quantitative estimate of drug-likeness (QED) is 0.221. The van der Waals surface area contributed by atoms with Crippen molar-refractivity contribution in [1.82, 2.24) is 19.7 Å². The number of hydrogen-bond donors (Lipinski definition) is 2. The number of nitrogens with one attached hydrogen (secondary N) is 1. The van der Waals surface area contributed by atoms with Crippen LogP contribution in [0.15, 0.2) is 60.8 Å². The van der Waals surface area contributed by atoms with E-state index in [0.29, 0.717) is 17.5 Å². The second-order valence-corrected chi connectivity index (χ2v) is 12.4. The second kappa shape index (κ2) is 11.7. The average molecular weight is 612 g/mol. The Balaban J connectivity index is 1.12. The Kier molecular flexibility index (Phi) is 7.59. The highest BCUT2D eigenvalue weighted by molar-refractivity contribution is 5.89. The molecule has 45 heavy (non-hydrogen) atoms. The number of nitrogens with zero attached hydrogens (tertiary/aromatic N) is 4. The van der Waals surface area contributed by atoms with Crippen molar-refractivity contribution in [3.8, 4) is 17.1 Å². The van der Waals surface area contributed by atoms with Crippen LogP contribution in [0.3, 0.4) is 0 Å². The monoisotopic (exact) mass is 611 g/mol. The lowest BCUT2D eigenvalue weighted by Crippen LogP contribution is -2.38. The third kappa shape index (κ3) is 5.58. The number of aromatic nitrogens is 3. The molecule has 2 aromatic carbocycles. The van der Waals surface area contributed by atoms with Crippen molar-refractivity contribution in [3.05, 3.63) is 94.3 Å². The number of pyridine rings is 1. The van der Waals surface area contributed by atoms with E-state index in [1.165, 1.54) is 16.7 Å². The number of carbonyl (C=O) groups excluding carboxylic acids is 1. The van der Waals surface area contributed by atoms with Gasteiger partial charge in [0, 0.05) is 30.3 Å². The molecule has 2 N–H and O–H groups in total. The van der Waals surface area contributed by atoms with Gasteiger partial charge >= 0.3 is 5.97 Å². The fourth-order valence-corrected chi connectivity index (χ4v) is 6.97. The number of carboxylic acids is 1. The van der Waals surface area contributed by atoms with Gasteiger partial charge in [0.2, 0.25) is 5.91 Å². The molecule has 2 aliphatic carbocycles. The smallest absolute Gasteiger partial charge is 0.339 e. The summed E-state index contributed by atoms with van der Waals surface area (Å²) in [6, 6.07) is 17.9. The number of amides is 1. The first-order chi connectivity index (χ1) is 21.8. The number of likely N-dealkylation sites (tertiary alicyclic amines) is 1. The number of fused-ring (bicyclic) bond motifs is 1.